The largest absolute Gasteiger partial charge is 0.355 e. The monoisotopic (exact) mass is 488 g/mol. The van der Waals surface area contributed by atoms with Gasteiger partial charge in [-0.15, -0.1) is 0 Å². The van der Waals surface area contributed by atoms with Crippen LogP contribution in [0.25, 0.3) is 11.2 Å². The third-order valence-corrected chi connectivity index (χ3v) is 7.39. The highest BCUT2D eigenvalue weighted by atomic mass is 16.2. The van der Waals surface area contributed by atoms with Gasteiger partial charge in [0, 0.05) is 32.4 Å². The van der Waals surface area contributed by atoms with Gasteiger partial charge in [-0.2, -0.15) is 0 Å². The number of piperidine rings is 1. The van der Waals surface area contributed by atoms with E-state index in [2.05, 4.69) is 15.2 Å². The minimum atomic E-state index is -0.160. The first-order valence-electron chi connectivity index (χ1n) is 13.3. The maximum absolute atomic E-state index is 13.7. The van der Waals surface area contributed by atoms with Gasteiger partial charge >= 0.3 is 0 Å². The molecule has 1 aromatic carbocycles. The highest BCUT2D eigenvalue weighted by Crippen LogP contribution is 2.22. The second kappa shape index (κ2) is 11.6. The van der Waals surface area contributed by atoms with Crippen LogP contribution in [0.3, 0.4) is 0 Å². The lowest BCUT2D eigenvalue weighted by Gasteiger charge is -2.33. The van der Waals surface area contributed by atoms with E-state index in [4.69, 9.17) is 4.98 Å². The van der Waals surface area contributed by atoms with Gasteiger partial charge in [-0.05, 0) is 56.5 Å². The minimum Gasteiger partial charge on any atom is -0.355 e. The number of fused-ring (bicyclic) bond motifs is 1. The van der Waals surface area contributed by atoms with Crippen molar-refractivity contribution in [2.45, 2.75) is 45.1 Å². The Morgan fingerprint density at radius 1 is 0.972 bits per heavy atom. The Bertz CT molecular complexity index is 1220. The maximum Gasteiger partial charge on any atom is 0.295 e. The van der Waals surface area contributed by atoms with Crippen molar-refractivity contribution in [1.82, 2.24) is 24.8 Å². The van der Waals surface area contributed by atoms with Gasteiger partial charge in [0.05, 0.1) is 12.5 Å². The van der Waals surface area contributed by atoms with Crippen molar-refractivity contribution < 1.29 is 4.79 Å². The van der Waals surface area contributed by atoms with E-state index in [-0.39, 0.29) is 17.4 Å². The lowest BCUT2D eigenvalue weighted by Crippen LogP contribution is -2.46. The average molecular weight is 489 g/mol. The smallest absolute Gasteiger partial charge is 0.295 e. The molecule has 4 heterocycles. The molecule has 8 heteroatoms. The topological polar surface area (TPSA) is 83.4 Å². The summed E-state index contributed by atoms with van der Waals surface area (Å²) in [6.45, 7) is 5.50. The van der Waals surface area contributed by atoms with E-state index in [1.165, 1.54) is 25.7 Å². The normalized spacial score (nSPS) is 19.2. The van der Waals surface area contributed by atoms with Crippen molar-refractivity contribution >= 4 is 22.9 Å². The molecule has 0 aliphatic carbocycles. The zero-order chi connectivity index (χ0) is 24.7. The molecule has 8 nitrogen and oxygen atoms in total. The minimum absolute atomic E-state index is 0.0848. The van der Waals surface area contributed by atoms with Crippen LogP contribution in [0.2, 0.25) is 0 Å². The summed E-state index contributed by atoms with van der Waals surface area (Å²) in [4.78, 5) is 40.3. The van der Waals surface area contributed by atoms with Crippen LogP contribution in [0.4, 0.5) is 5.82 Å². The number of nitrogens with zero attached hydrogens (tertiary/aromatic N) is 5. The van der Waals surface area contributed by atoms with Gasteiger partial charge in [-0.3, -0.25) is 14.2 Å². The van der Waals surface area contributed by atoms with E-state index in [1.807, 2.05) is 47.4 Å². The van der Waals surface area contributed by atoms with E-state index in [1.54, 1.807) is 10.8 Å². The molecule has 1 atom stereocenters. The number of anilines is 1. The molecule has 1 N–H and O–H groups in total. The molecule has 36 heavy (non-hydrogen) atoms. The van der Waals surface area contributed by atoms with Crippen LogP contribution in [0.5, 0.6) is 0 Å². The van der Waals surface area contributed by atoms with Gasteiger partial charge in [0.15, 0.2) is 11.5 Å². The zero-order valence-electron chi connectivity index (χ0n) is 20.9. The van der Waals surface area contributed by atoms with E-state index in [0.717, 1.165) is 44.6 Å². The molecular formula is C28H36N6O2. The number of likely N-dealkylation sites (tertiary alicyclic amines) is 1. The summed E-state index contributed by atoms with van der Waals surface area (Å²) in [6, 6.07) is 13.7. The molecule has 2 aliphatic rings. The lowest BCUT2D eigenvalue weighted by molar-refractivity contribution is -0.125. The predicted octanol–water partition coefficient (Wildman–Crippen LogP) is 3.05. The molecular weight excluding hydrogens is 452 g/mol. The Morgan fingerprint density at radius 2 is 1.78 bits per heavy atom. The van der Waals surface area contributed by atoms with Gasteiger partial charge < -0.3 is 15.1 Å². The van der Waals surface area contributed by atoms with Crippen LogP contribution < -0.4 is 15.8 Å². The predicted molar refractivity (Wildman–Crippen MR) is 142 cm³/mol. The Hall–Kier alpha value is -3.26. The molecule has 2 aromatic heterocycles. The van der Waals surface area contributed by atoms with Crippen molar-refractivity contribution in [2.75, 3.05) is 44.2 Å². The molecule has 1 amide bonds. The fraction of sp³-hybridized carbons (Fsp3) is 0.500. The number of rotatable bonds is 7. The quantitative estimate of drug-likeness (QED) is 0.550. The van der Waals surface area contributed by atoms with Crippen molar-refractivity contribution in [3.05, 3.63) is 64.6 Å². The number of benzene rings is 1. The molecule has 3 aromatic rings. The SMILES string of the molecule is O=C(NCCN1CCCCCC1)C1CCCN(c2nc3cccnc3n(Cc3ccccc3)c2=O)C1. The third kappa shape index (κ3) is 5.75. The fourth-order valence-corrected chi connectivity index (χ4v) is 5.41. The number of carbonyl (C=O) groups is 1. The van der Waals surface area contributed by atoms with Gasteiger partial charge in [0.2, 0.25) is 5.91 Å². The van der Waals surface area contributed by atoms with Crippen LogP contribution in [0.15, 0.2) is 53.5 Å². The number of hydrogen-bond donors (Lipinski definition) is 1. The molecule has 2 fully saturated rings. The molecule has 0 radical (unpaired) electrons. The van der Waals surface area contributed by atoms with Crippen LogP contribution in [-0.2, 0) is 11.3 Å². The number of nitrogens with one attached hydrogen (secondary N) is 1. The van der Waals surface area contributed by atoms with Crippen molar-refractivity contribution in [3.8, 4) is 0 Å². The molecule has 190 valence electrons. The van der Waals surface area contributed by atoms with E-state index < -0.39 is 0 Å². The van der Waals surface area contributed by atoms with Crippen molar-refractivity contribution in [3.63, 3.8) is 0 Å². The first kappa shape index (κ1) is 24.4. The summed E-state index contributed by atoms with van der Waals surface area (Å²) in [6.07, 6.45) is 8.51. The standard InChI is InChI=1S/C28H36N6O2/c35-27(30-15-19-32-16-6-1-2-7-17-32)23-12-9-18-33(21-23)26-28(36)34(20-22-10-4-3-5-11-22)25-24(31-26)13-8-14-29-25/h3-5,8,10-11,13-14,23H,1-2,6-7,9,12,15-21H2,(H,30,35). The van der Waals surface area contributed by atoms with Gasteiger partial charge in [-0.25, -0.2) is 9.97 Å². The number of amides is 1. The molecule has 2 aliphatic heterocycles. The van der Waals surface area contributed by atoms with Gasteiger partial charge in [0.25, 0.3) is 5.56 Å². The summed E-state index contributed by atoms with van der Waals surface area (Å²) in [5.74, 6) is 0.353. The third-order valence-electron chi connectivity index (χ3n) is 7.39. The number of hydrogen-bond acceptors (Lipinski definition) is 6. The molecule has 0 saturated carbocycles. The Kier molecular flexibility index (Phi) is 7.91. The van der Waals surface area contributed by atoms with E-state index >= 15 is 0 Å². The average Bonchev–Trinajstić information content (AvgIpc) is 3.20. The lowest BCUT2D eigenvalue weighted by atomic mass is 9.97. The Morgan fingerprint density at radius 3 is 2.58 bits per heavy atom. The van der Waals surface area contributed by atoms with Crippen LogP contribution in [-0.4, -0.2) is 64.6 Å². The number of carbonyl (C=O) groups excluding carboxylic acids is 1. The van der Waals surface area contributed by atoms with Crippen molar-refractivity contribution in [2.24, 2.45) is 5.92 Å². The van der Waals surface area contributed by atoms with E-state index in [0.29, 0.717) is 36.6 Å². The fourth-order valence-electron chi connectivity index (χ4n) is 5.41. The molecule has 5 rings (SSSR count). The molecule has 2 saturated heterocycles. The van der Waals surface area contributed by atoms with Crippen molar-refractivity contribution in [1.29, 1.82) is 0 Å². The summed E-state index contributed by atoms with van der Waals surface area (Å²) < 4.78 is 1.71. The van der Waals surface area contributed by atoms with Gasteiger partial charge in [-0.1, -0.05) is 43.2 Å². The first-order chi connectivity index (χ1) is 17.7. The van der Waals surface area contributed by atoms with E-state index in [9.17, 15) is 9.59 Å². The van der Waals surface area contributed by atoms with Gasteiger partial charge in [0.1, 0.15) is 5.52 Å². The van der Waals surface area contributed by atoms with Crippen LogP contribution >= 0.6 is 0 Å². The Balaban J connectivity index is 1.30. The molecule has 0 spiro atoms. The van der Waals surface area contributed by atoms with Crippen LogP contribution in [0, 0.1) is 5.92 Å². The summed E-state index contributed by atoms with van der Waals surface area (Å²) in [5.41, 5.74) is 2.14. The second-order valence-corrected chi connectivity index (χ2v) is 9.99. The summed E-state index contributed by atoms with van der Waals surface area (Å²) in [7, 11) is 0. The Labute approximate surface area is 212 Å². The number of aromatic nitrogens is 3. The highest BCUT2D eigenvalue weighted by Gasteiger charge is 2.29. The molecule has 1 unspecified atom stereocenters. The zero-order valence-corrected chi connectivity index (χ0v) is 20.9. The highest BCUT2D eigenvalue weighted by molar-refractivity contribution is 5.79. The van der Waals surface area contributed by atoms with Crippen LogP contribution in [0.1, 0.15) is 44.1 Å². The molecule has 0 bridgehead atoms. The maximum atomic E-state index is 13.7. The summed E-state index contributed by atoms with van der Waals surface area (Å²) in [5, 5.41) is 3.16. The second-order valence-electron chi connectivity index (χ2n) is 9.99. The first-order valence-corrected chi connectivity index (χ1v) is 13.3. The summed E-state index contributed by atoms with van der Waals surface area (Å²) >= 11 is 0. The number of pyridine rings is 1.